The Morgan fingerprint density at radius 1 is 1.10 bits per heavy atom. The summed E-state index contributed by atoms with van der Waals surface area (Å²) >= 11 is 0. The molecule has 4 heterocycles. The molecule has 0 bridgehead atoms. The van der Waals surface area contributed by atoms with Gasteiger partial charge in [0, 0.05) is 35.5 Å². The summed E-state index contributed by atoms with van der Waals surface area (Å²) < 4.78 is 11.4. The van der Waals surface area contributed by atoms with Crippen LogP contribution < -0.4 is 10.6 Å². The molecule has 0 unspecified atom stereocenters. The zero-order valence-electron chi connectivity index (χ0n) is 27.8. The number of carboxylic acids is 1. The number of ether oxygens (including phenoxy) is 2. The van der Waals surface area contributed by atoms with Crippen molar-refractivity contribution in [3.05, 3.63) is 47.7 Å². The van der Waals surface area contributed by atoms with E-state index in [1.807, 2.05) is 30.4 Å². The summed E-state index contributed by atoms with van der Waals surface area (Å²) in [5.41, 5.74) is 0.868. The van der Waals surface area contributed by atoms with Crippen LogP contribution in [-0.2, 0) is 36.8 Å². The molecular formula is C35H45N5O8. The maximum Gasteiger partial charge on any atom is 0.410 e. The first kappa shape index (κ1) is 33.4. The molecule has 4 aliphatic rings. The zero-order valence-corrected chi connectivity index (χ0v) is 27.8. The van der Waals surface area contributed by atoms with Crippen molar-refractivity contribution in [1.82, 2.24) is 25.4 Å². The smallest absolute Gasteiger partial charge is 0.410 e. The molecule has 4 amide bonds. The molecule has 1 aliphatic carbocycles. The number of hydrogen-bond acceptors (Lipinski definition) is 7. The number of carbonyl (C=O) groups excluding carboxylic acids is 4. The van der Waals surface area contributed by atoms with Gasteiger partial charge in [-0.25, -0.2) is 14.4 Å². The van der Waals surface area contributed by atoms with Gasteiger partial charge >= 0.3 is 18.2 Å². The second-order valence-electron chi connectivity index (χ2n) is 14.4. The monoisotopic (exact) mass is 663 g/mol. The number of benzene rings is 1. The first-order valence-electron chi connectivity index (χ1n) is 16.9. The fraction of sp³-hybridized carbons (Fsp3) is 0.571. The summed E-state index contributed by atoms with van der Waals surface area (Å²) in [6, 6.07) is 5.90. The number of aromatic amines is 1. The molecule has 1 saturated heterocycles. The van der Waals surface area contributed by atoms with Crippen molar-refractivity contribution in [2.45, 2.75) is 108 Å². The van der Waals surface area contributed by atoms with Crippen LogP contribution in [0.25, 0.3) is 10.9 Å². The van der Waals surface area contributed by atoms with Gasteiger partial charge in [0.25, 0.3) is 0 Å². The molecule has 5 atom stereocenters. The average molecular weight is 664 g/mol. The molecule has 6 rings (SSSR count). The molecule has 4 N–H and O–H groups in total. The second-order valence-corrected chi connectivity index (χ2v) is 14.4. The highest BCUT2D eigenvalue weighted by molar-refractivity contribution is 5.96. The molecule has 13 heteroatoms. The molecular weight excluding hydrogens is 618 g/mol. The Morgan fingerprint density at radius 3 is 2.67 bits per heavy atom. The lowest BCUT2D eigenvalue weighted by atomic mass is 10.0. The van der Waals surface area contributed by atoms with Crippen LogP contribution in [0, 0.1) is 5.92 Å². The maximum absolute atomic E-state index is 14.2. The summed E-state index contributed by atoms with van der Waals surface area (Å²) in [4.78, 5) is 73.0. The molecule has 0 radical (unpaired) electrons. The number of hydrogen-bond donors (Lipinski definition) is 4. The summed E-state index contributed by atoms with van der Waals surface area (Å²) in [7, 11) is 0. The standard InChI is InChI=1S/C35H45N5O8/c1-34(2,3)48-32(45)37-26-14-8-6-4-5-7-11-21-18-35(21,31(43)44)38-29(41)28-17-22(19-40(28)30(26)42)47-33(46)39-16-15-24-23-12-9-10-13-25(23)36-27(24)20-39/h7,9-13,21-22,26,28,36H,4-6,8,14-20H2,1-3H3,(H,37,45)(H,38,41)(H,43,44)/b11-7-/t21-,22+,26-,28-,35+/m0/s1. The van der Waals surface area contributed by atoms with Crippen molar-refractivity contribution in [3.63, 3.8) is 0 Å². The molecule has 13 nitrogen and oxygen atoms in total. The van der Waals surface area contributed by atoms with Gasteiger partial charge in [-0.15, -0.1) is 0 Å². The highest BCUT2D eigenvalue weighted by atomic mass is 16.6. The molecule has 1 aromatic carbocycles. The van der Waals surface area contributed by atoms with E-state index in [1.54, 1.807) is 25.7 Å². The minimum Gasteiger partial charge on any atom is -0.479 e. The number of aromatic nitrogens is 1. The highest BCUT2D eigenvalue weighted by Crippen LogP contribution is 2.45. The first-order chi connectivity index (χ1) is 22.8. The van der Waals surface area contributed by atoms with E-state index in [4.69, 9.17) is 9.47 Å². The van der Waals surface area contributed by atoms with Gasteiger partial charge in [0.1, 0.15) is 29.3 Å². The van der Waals surface area contributed by atoms with E-state index in [0.29, 0.717) is 32.4 Å². The van der Waals surface area contributed by atoms with Crippen LogP contribution in [0.5, 0.6) is 0 Å². The maximum atomic E-state index is 14.2. The number of aliphatic carboxylic acids is 1. The number of rotatable bonds is 3. The summed E-state index contributed by atoms with van der Waals surface area (Å²) in [6.07, 6.45) is 5.85. The third-order valence-corrected chi connectivity index (χ3v) is 9.72. The number of carbonyl (C=O) groups is 5. The first-order valence-corrected chi connectivity index (χ1v) is 16.9. The van der Waals surface area contributed by atoms with Crippen LogP contribution in [0.4, 0.5) is 9.59 Å². The zero-order chi connectivity index (χ0) is 34.2. The molecule has 48 heavy (non-hydrogen) atoms. The quantitative estimate of drug-likeness (QED) is 0.357. The van der Waals surface area contributed by atoms with Crippen LogP contribution in [0.15, 0.2) is 36.4 Å². The second kappa shape index (κ2) is 13.2. The van der Waals surface area contributed by atoms with Crippen molar-refractivity contribution >= 4 is 40.9 Å². The Morgan fingerprint density at radius 2 is 1.90 bits per heavy atom. The van der Waals surface area contributed by atoms with Gasteiger partial charge in [-0.1, -0.05) is 43.2 Å². The van der Waals surface area contributed by atoms with E-state index in [9.17, 15) is 29.1 Å². The largest absolute Gasteiger partial charge is 0.479 e. The van der Waals surface area contributed by atoms with Crippen LogP contribution in [0.3, 0.4) is 0 Å². The van der Waals surface area contributed by atoms with Crippen molar-refractivity contribution in [2.24, 2.45) is 5.92 Å². The van der Waals surface area contributed by atoms with Crippen molar-refractivity contribution in [3.8, 4) is 0 Å². The number of nitrogens with zero attached hydrogens (tertiary/aromatic N) is 2. The number of para-hydroxylation sites is 1. The molecule has 1 saturated carbocycles. The van der Waals surface area contributed by atoms with Gasteiger partial charge in [-0.3, -0.25) is 9.59 Å². The lowest BCUT2D eigenvalue weighted by molar-refractivity contribution is -0.145. The Kier molecular flexibility index (Phi) is 9.14. The van der Waals surface area contributed by atoms with Gasteiger partial charge in [0.15, 0.2) is 0 Å². The van der Waals surface area contributed by atoms with Crippen LogP contribution >= 0.6 is 0 Å². The summed E-state index contributed by atoms with van der Waals surface area (Å²) in [5.74, 6) is -2.64. The number of fused-ring (bicyclic) bond motifs is 5. The number of allylic oxidation sites excluding steroid dienone is 1. The van der Waals surface area contributed by atoms with E-state index in [1.165, 1.54) is 10.5 Å². The fourth-order valence-corrected chi connectivity index (χ4v) is 7.16. The molecule has 2 fully saturated rings. The third-order valence-electron chi connectivity index (χ3n) is 9.72. The van der Waals surface area contributed by atoms with E-state index in [-0.39, 0.29) is 25.3 Å². The SMILES string of the molecule is CC(C)(C)OC(=O)N[C@H]1CCCCC/C=C\[C@H]2C[C@@]2(C(=O)O)NC(=O)[C@@H]2C[C@@H](OC(=O)N3CCc4c([nH]c5ccccc45)C3)CN2C1=O. The molecule has 258 valence electrons. The van der Waals surface area contributed by atoms with E-state index >= 15 is 0 Å². The fourth-order valence-electron chi connectivity index (χ4n) is 7.16. The van der Waals surface area contributed by atoms with Gasteiger partial charge in [-0.2, -0.15) is 0 Å². The molecule has 2 aromatic rings. The number of H-pyrrole nitrogens is 1. The lowest BCUT2D eigenvalue weighted by Gasteiger charge is -2.30. The molecule has 3 aliphatic heterocycles. The van der Waals surface area contributed by atoms with Crippen LogP contribution in [-0.4, -0.2) is 92.3 Å². The summed E-state index contributed by atoms with van der Waals surface area (Å²) in [5, 5.41) is 16.7. The normalized spacial score (nSPS) is 28.6. The van der Waals surface area contributed by atoms with E-state index < -0.39 is 59.3 Å². The Bertz CT molecular complexity index is 1630. The summed E-state index contributed by atoms with van der Waals surface area (Å²) in [6.45, 7) is 5.88. The Balaban J connectivity index is 1.21. The number of carboxylic acid groups (broad SMARTS) is 1. The van der Waals surface area contributed by atoms with Gasteiger partial charge in [0.2, 0.25) is 11.8 Å². The molecule has 1 aromatic heterocycles. The third kappa shape index (κ3) is 7.00. The topological polar surface area (TPSA) is 170 Å². The van der Waals surface area contributed by atoms with Gasteiger partial charge < -0.3 is 40.0 Å². The van der Waals surface area contributed by atoms with Crippen molar-refractivity contribution in [2.75, 3.05) is 13.1 Å². The number of amides is 4. The predicted octanol–water partition coefficient (Wildman–Crippen LogP) is 4.01. The number of alkyl carbamates (subject to hydrolysis) is 1. The average Bonchev–Trinajstić information content (AvgIpc) is 3.36. The van der Waals surface area contributed by atoms with Crippen molar-refractivity contribution in [1.29, 1.82) is 0 Å². The van der Waals surface area contributed by atoms with Gasteiger partial charge in [0.05, 0.1) is 13.1 Å². The van der Waals surface area contributed by atoms with Crippen LogP contribution in [0.1, 0.15) is 77.0 Å². The Hall–Kier alpha value is -4.55. The predicted molar refractivity (Wildman–Crippen MR) is 175 cm³/mol. The lowest BCUT2D eigenvalue weighted by Crippen LogP contribution is -2.56. The highest BCUT2D eigenvalue weighted by Gasteiger charge is 2.61. The van der Waals surface area contributed by atoms with Crippen molar-refractivity contribution < 1.29 is 38.6 Å². The van der Waals surface area contributed by atoms with E-state index in [0.717, 1.165) is 35.9 Å². The molecule has 0 spiro atoms. The number of nitrogens with one attached hydrogen (secondary N) is 3. The Labute approximate surface area is 279 Å². The minimum absolute atomic E-state index is 0.00977. The van der Waals surface area contributed by atoms with Crippen LogP contribution in [0.2, 0.25) is 0 Å². The van der Waals surface area contributed by atoms with Gasteiger partial charge in [-0.05, 0) is 64.5 Å². The minimum atomic E-state index is -1.46. The van der Waals surface area contributed by atoms with E-state index in [2.05, 4.69) is 21.7 Å².